The molecule has 0 radical (unpaired) electrons. The third-order valence-corrected chi connectivity index (χ3v) is 4.21. The van der Waals surface area contributed by atoms with Crippen LogP contribution in [-0.4, -0.2) is 56.5 Å². The number of fused-ring (bicyclic) bond motifs is 1. The highest BCUT2D eigenvalue weighted by atomic mass is 16.2. The largest absolute Gasteiger partial charge is 0.351 e. The minimum atomic E-state index is -0.302. The molecule has 1 amide bonds. The lowest BCUT2D eigenvalue weighted by Gasteiger charge is -2.33. The van der Waals surface area contributed by atoms with Crippen molar-refractivity contribution in [3.8, 4) is 0 Å². The number of amides is 1. The quantitative estimate of drug-likeness (QED) is 0.606. The van der Waals surface area contributed by atoms with Crippen molar-refractivity contribution < 1.29 is 4.79 Å². The van der Waals surface area contributed by atoms with E-state index in [0.717, 1.165) is 23.4 Å². The highest BCUT2D eigenvalue weighted by Crippen LogP contribution is 2.20. The van der Waals surface area contributed by atoms with E-state index < -0.39 is 0 Å². The maximum absolute atomic E-state index is 12.5. The first-order valence-corrected chi connectivity index (χ1v) is 8.10. The van der Waals surface area contributed by atoms with E-state index in [1.165, 1.54) is 6.33 Å². The van der Waals surface area contributed by atoms with Gasteiger partial charge in [-0.05, 0) is 17.7 Å². The normalized spacial score (nSPS) is 17.6. The molecule has 3 aromatic rings. The topological polar surface area (TPSA) is 112 Å². The van der Waals surface area contributed by atoms with Gasteiger partial charge in [-0.3, -0.25) is 9.78 Å². The Hall–Kier alpha value is -3.07. The molecular formula is C16H18N8O. The SMILES string of the molecule is O=C(NCc1ccncc1)[C@@H]1CN(c2ncnc3nc[nH]c23)CCN1. The molecule has 1 aliphatic heterocycles. The second kappa shape index (κ2) is 6.81. The van der Waals surface area contributed by atoms with Crippen molar-refractivity contribution in [2.24, 2.45) is 0 Å². The number of piperazine rings is 1. The number of nitrogens with zero attached hydrogens (tertiary/aromatic N) is 5. The van der Waals surface area contributed by atoms with E-state index in [2.05, 4.69) is 40.5 Å². The van der Waals surface area contributed by atoms with E-state index in [1.807, 2.05) is 12.1 Å². The van der Waals surface area contributed by atoms with Crippen molar-refractivity contribution in [1.82, 2.24) is 35.6 Å². The highest BCUT2D eigenvalue weighted by Gasteiger charge is 2.27. The van der Waals surface area contributed by atoms with E-state index in [-0.39, 0.29) is 11.9 Å². The third-order valence-electron chi connectivity index (χ3n) is 4.21. The zero-order valence-corrected chi connectivity index (χ0v) is 13.5. The Morgan fingerprint density at radius 2 is 2.16 bits per heavy atom. The summed E-state index contributed by atoms with van der Waals surface area (Å²) in [4.78, 5) is 34.3. The van der Waals surface area contributed by atoms with Crippen LogP contribution in [0.3, 0.4) is 0 Å². The fourth-order valence-corrected chi connectivity index (χ4v) is 2.92. The van der Waals surface area contributed by atoms with Gasteiger partial charge in [-0.25, -0.2) is 15.0 Å². The van der Waals surface area contributed by atoms with E-state index in [0.29, 0.717) is 25.3 Å². The van der Waals surface area contributed by atoms with Crippen LogP contribution in [0.1, 0.15) is 5.56 Å². The Kier molecular flexibility index (Phi) is 4.21. The number of aromatic amines is 1. The van der Waals surface area contributed by atoms with Crippen LogP contribution in [0.15, 0.2) is 37.2 Å². The minimum Gasteiger partial charge on any atom is -0.351 e. The molecule has 3 aromatic heterocycles. The van der Waals surface area contributed by atoms with E-state index in [9.17, 15) is 4.79 Å². The number of rotatable bonds is 4. The number of carbonyl (C=O) groups excluding carboxylic acids is 1. The molecule has 1 fully saturated rings. The summed E-state index contributed by atoms with van der Waals surface area (Å²) < 4.78 is 0. The van der Waals surface area contributed by atoms with Gasteiger partial charge in [0.25, 0.3) is 0 Å². The van der Waals surface area contributed by atoms with Gasteiger partial charge in [-0.15, -0.1) is 0 Å². The first-order chi connectivity index (χ1) is 12.3. The van der Waals surface area contributed by atoms with Crippen LogP contribution in [0.2, 0.25) is 0 Å². The molecule has 9 nitrogen and oxygen atoms in total. The van der Waals surface area contributed by atoms with Gasteiger partial charge in [0, 0.05) is 38.6 Å². The monoisotopic (exact) mass is 338 g/mol. The van der Waals surface area contributed by atoms with Crippen LogP contribution < -0.4 is 15.5 Å². The van der Waals surface area contributed by atoms with Crippen molar-refractivity contribution in [3.05, 3.63) is 42.7 Å². The summed E-state index contributed by atoms with van der Waals surface area (Å²) in [6, 6.07) is 3.47. The molecule has 128 valence electrons. The molecule has 4 rings (SSSR count). The highest BCUT2D eigenvalue weighted by molar-refractivity contribution is 5.85. The van der Waals surface area contributed by atoms with Crippen molar-refractivity contribution >= 4 is 22.9 Å². The number of pyridine rings is 1. The summed E-state index contributed by atoms with van der Waals surface area (Å²) in [5.41, 5.74) is 2.44. The van der Waals surface area contributed by atoms with Crippen LogP contribution in [0.5, 0.6) is 0 Å². The fraction of sp³-hybridized carbons (Fsp3) is 0.312. The molecule has 4 heterocycles. The number of carbonyl (C=O) groups is 1. The molecule has 0 aromatic carbocycles. The maximum atomic E-state index is 12.5. The van der Waals surface area contributed by atoms with Gasteiger partial charge in [-0.1, -0.05) is 0 Å². The van der Waals surface area contributed by atoms with Gasteiger partial charge in [0.05, 0.1) is 6.33 Å². The predicted molar refractivity (Wildman–Crippen MR) is 91.8 cm³/mol. The molecule has 1 aliphatic rings. The molecule has 9 heteroatoms. The summed E-state index contributed by atoms with van der Waals surface area (Å²) in [6.45, 7) is 2.48. The van der Waals surface area contributed by atoms with E-state index in [1.54, 1.807) is 18.7 Å². The lowest BCUT2D eigenvalue weighted by molar-refractivity contribution is -0.123. The second-order valence-electron chi connectivity index (χ2n) is 5.82. The average molecular weight is 338 g/mol. The standard InChI is InChI=1S/C16H18N8O/c25-16(19-7-11-1-3-17-4-2-11)12-8-24(6-5-18-12)15-13-14(21-9-20-13)22-10-23-15/h1-4,9-10,12,18H,5-8H2,(H,19,25)(H,20,21,22,23)/t12-/m0/s1. The zero-order valence-electron chi connectivity index (χ0n) is 13.5. The van der Waals surface area contributed by atoms with Crippen molar-refractivity contribution in [3.63, 3.8) is 0 Å². The van der Waals surface area contributed by atoms with Gasteiger partial charge >= 0.3 is 0 Å². The zero-order chi connectivity index (χ0) is 17.1. The number of anilines is 1. The van der Waals surface area contributed by atoms with Gasteiger partial charge in [0.15, 0.2) is 11.5 Å². The number of hydrogen-bond donors (Lipinski definition) is 3. The summed E-state index contributed by atoms with van der Waals surface area (Å²) >= 11 is 0. The molecule has 1 saturated heterocycles. The molecule has 0 unspecified atom stereocenters. The number of aromatic nitrogens is 5. The van der Waals surface area contributed by atoms with Crippen LogP contribution in [-0.2, 0) is 11.3 Å². The van der Waals surface area contributed by atoms with Crippen LogP contribution >= 0.6 is 0 Å². The fourth-order valence-electron chi connectivity index (χ4n) is 2.92. The summed E-state index contributed by atoms with van der Waals surface area (Å²) in [5.74, 6) is 0.743. The van der Waals surface area contributed by atoms with Gasteiger partial charge in [0.2, 0.25) is 5.91 Å². The van der Waals surface area contributed by atoms with Crippen molar-refractivity contribution in [2.45, 2.75) is 12.6 Å². The number of imidazole rings is 1. The van der Waals surface area contributed by atoms with Crippen LogP contribution in [0, 0.1) is 0 Å². The Balaban J connectivity index is 1.44. The predicted octanol–water partition coefficient (Wildman–Crippen LogP) is -0.158. The second-order valence-corrected chi connectivity index (χ2v) is 5.82. The first-order valence-electron chi connectivity index (χ1n) is 8.10. The Morgan fingerprint density at radius 1 is 1.28 bits per heavy atom. The lowest BCUT2D eigenvalue weighted by Crippen LogP contribution is -2.57. The van der Waals surface area contributed by atoms with Gasteiger partial charge < -0.3 is 20.5 Å². The van der Waals surface area contributed by atoms with Gasteiger partial charge in [-0.2, -0.15) is 0 Å². The first kappa shape index (κ1) is 15.5. The molecule has 0 bridgehead atoms. The molecule has 3 N–H and O–H groups in total. The summed E-state index contributed by atoms with van der Waals surface area (Å²) in [6.07, 6.45) is 6.53. The molecule has 0 spiro atoms. The average Bonchev–Trinajstić information content (AvgIpc) is 3.16. The summed E-state index contributed by atoms with van der Waals surface area (Å²) in [5, 5.41) is 6.23. The number of nitrogens with one attached hydrogen (secondary N) is 3. The Bertz CT molecular complexity index is 865. The smallest absolute Gasteiger partial charge is 0.239 e. The minimum absolute atomic E-state index is 0.0311. The molecular weight excluding hydrogens is 320 g/mol. The number of hydrogen-bond acceptors (Lipinski definition) is 7. The Morgan fingerprint density at radius 3 is 3.04 bits per heavy atom. The van der Waals surface area contributed by atoms with Gasteiger partial charge in [0.1, 0.15) is 17.9 Å². The van der Waals surface area contributed by atoms with Crippen molar-refractivity contribution in [1.29, 1.82) is 0 Å². The lowest BCUT2D eigenvalue weighted by atomic mass is 10.2. The van der Waals surface area contributed by atoms with E-state index in [4.69, 9.17) is 0 Å². The van der Waals surface area contributed by atoms with Crippen molar-refractivity contribution in [2.75, 3.05) is 24.5 Å². The Labute approximate surface area is 143 Å². The maximum Gasteiger partial charge on any atom is 0.239 e. The van der Waals surface area contributed by atoms with Crippen LogP contribution in [0.4, 0.5) is 5.82 Å². The van der Waals surface area contributed by atoms with E-state index >= 15 is 0 Å². The number of H-pyrrole nitrogens is 1. The summed E-state index contributed by atoms with van der Waals surface area (Å²) in [7, 11) is 0. The van der Waals surface area contributed by atoms with Crippen LogP contribution in [0.25, 0.3) is 11.2 Å². The molecule has 0 aliphatic carbocycles. The third kappa shape index (κ3) is 3.26. The molecule has 0 saturated carbocycles. The molecule has 25 heavy (non-hydrogen) atoms. The molecule has 1 atom stereocenters.